The Bertz CT molecular complexity index is 997. The molecule has 0 unspecified atom stereocenters. The third-order valence-electron chi connectivity index (χ3n) is 4.03. The van der Waals surface area contributed by atoms with Crippen LogP contribution in [-0.2, 0) is 0 Å². The van der Waals surface area contributed by atoms with Crippen molar-refractivity contribution in [3.8, 4) is 17.2 Å². The second kappa shape index (κ2) is 7.67. The largest absolute Gasteiger partial charge is 0.343 e. The van der Waals surface area contributed by atoms with E-state index in [1.807, 2.05) is 0 Å². The number of alkyl halides is 1. The number of rotatable bonds is 6. The minimum absolute atomic E-state index is 0.0918. The fourth-order valence-electron chi connectivity index (χ4n) is 2.49. The zero-order valence-electron chi connectivity index (χ0n) is 15.8. The lowest BCUT2D eigenvalue weighted by molar-refractivity contribution is 0.0893. The third-order valence-corrected chi connectivity index (χ3v) is 4.03. The normalized spacial score (nSPS) is 11.3. The monoisotopic (exact) mass is 381 g/mol. The van der Waals surface area contributed by atoms with Gasteiger partial charge in [0.15, 0.2) is 17.3 Å². The van der Waals surface area contributed by atoms with Crippen LogP contribution in [0.5, 0.6) is 0 Å². The Kier molecular flexibility index (Phi) is 5.30. The van der Waals surface area contributed by atoms with Gasteiger partial charge in [-0.05, 0) is 51.1 Å². The molecule has 28 heavy (non-hydrogen) atoms. The van der Waals surface area contributed by atoms with Gasteiger partial charge in [0.25, 0.3) is 5.91 Å². The van der Waals surface area contributed by atoms with Gasteiger partial charge in [-0.15, -0.1) is 0 Å². The highest BCUT2D eigenvalue weighted by atomic mass is 19.1. The quantitative estimate of drug-likeness (QED) is 0.663. The maximum absolute atomic E-state index is 13.1. The Morgan fingerprint density at radius 2 is 1.96 bits per heavy atom. The molecular formula is C20H20FN5O2. The first-order valence-corrected chi connectivity index (χ1v) is 8.68. The van der Waals surface area contributed by atoms with Gasteiger partial charge in [0.05, 0.1) is 16.9 Å². The first-order valence-electron chi connectivity index (χ1n) is 8.68. The number of carbonyl (C=O) groups is 2. The van der Waals surface area contributed by atoms with Gasteiger partial charge in [-0.3, -0.25) is 14.6 Å². The Hall–Kier alpha value is -3.42. The second-order valence-corrected chi connectivity index (χ2v) is 6.97. The standard InChI is InChI=1S/C20H20FN5O2/c1-13(27)14-7-8-15(23-11-14)17-10-16(19(28)24-20(2,3)12-21)25-26(17)18-6-4-5-9-22-18/h4-11H,12H2,1-3H3,(H,24,28). The third kappa shape index (κ3) is 4.11. The lowest BCUT2D eigenvalue weighted by atomic mass is 10.1. The Labute approximate surface area is 161 Å². The smallest absolute Gasteiger partial charge is 0.272 e. The number of carbonyl (C=O) groups excluding carboxylic acids is 2. The van der Waals surface area contributed by atoms with Gasteiger partial charge in [-0.25, -0.2) is 14.1 Å². The van der Waals surface area contributed by atoms with Crippen LogP contribution in [0.3, 0.4) is 0 Å². The summed E-state index contributed by atoms with van der Waals surface area (Å²) in [6.45, 7) is 3.93. The van der Waals surface area contributed by atoms with Gasteiger partial charge in [0.1, 0.15) is 6.67 Å². The van der Waals surface area contributed by atoms with Gasteiger partial charge in [0.2, 0.25) is 0 Å². The fourth-order valence-corrected chi connectivity index (χ4v) is 2.49. The minimum atomic E-state index is -1.01. The number of amides is 1. The van der Waals surface area contributed by atoms with E-state index in [0.717, 1.165) is 0 Å². The van der Waals surface area contributed by atoms with E-state index in [1.165, 1.54) is 17.8 Å². The van der Waals surface area contributed by atoms with Crippen molar-refractivity contribution >= 4 is 11.7 Å². The molecule has 0 aliphatic carbocycles. The molecule has 0 bridgehead atoms. The Morgan fingerprint density at radius 1 is 1.18 bits per heavy atom. The van der Waals surface area contributed by atoms with Crippen LogP contribution in [0.4, 0.5) is 4.39 Å². The van der Waals surface area contributed by atoms with Crippen molar-refractivity contribution in [2.75, 3.05) is 6.67 Å². The van der Waals surface area contributed by atoms with E-state index in [-0.39, 0.29) is 11.5 Å². The van der Waals surface area contributed by atoms with E-state index >= 15 is 0 Å². The van der Waals surface area contributed by atoms with Crippen LogP contribution in [0.25, 0.3) is 17.2 Å². The summed E-state index contributed by atoms with van der Waals surface area (Å²) < 4.78 is 14.6. The van der Waals surface area contributed by atoms with E-state index in [0.29, 0.717) is 22.8 Å². The van der Waals surface area contributed by atoms with E-state index in [9.17, 15) is 14.0 Å². The van der Waals surface area contributed by atoms with E-state index in [4.69, 9.17) is 0 Å². The number of aromatic nitrogens is 4. The highest BCUT2D eigenvalue weighted by molar-refractivity contribution is 5.95. The summed E-state index contributed by atoms with van der Waals surface area (Å²) in [5, 5.41) is 6.96. The molecule has 0 spiro atoms. The van der Waals surface area contributed by atoms with Crippen molar-refractivity contribution in [1.82, 2.24) is 25.1 Å². The summed E-state index contributed by atoms with van der Waals surface area (Å²) in [7, 11) is 0. The van der Waals surface area contributed by atoms with Gasteiger partial charge in [-0.1, -0.05) is 6.07 Å². The van der Waals surface area contributed by atoms with Crippen molar-refractivity contribution in [3.05, 3.63) is 60.0 Å². The highest BCUT2D eigenvalue weighted by Gasteiger charge is 2.24. The summed E-state index contributed by atoms with van der Waals surface area (Å²) in [6, 6.07) is 10.2. The van der Waals surface area contributed by atoms with Gasteiger partial charge in [0, 0.05) is 18.0 Å². The zero-order chi connectivity index (χ0) is 20.3. The fraction of sp³-hybridized carbons (Fsp3) is 0.250. The molecule has 144 valence electrons. The van der Waals surface area contributed by atoms with Crippen molar-refractivity contribution < 1.29 is 14.0 Å². The average molecular weight is 381 g/mol. The summed E-state index contributed by atoms with van der Waals surface area (Å²) in [5.41, 5.74) is 0.631. The molecule has 0 saturated carbocycles. The molecule has 0 aliphatic rings. The van der Waals surface area contributed by atoms with Crippen LogP contribution < -0.4 is 5.32 Å². The van der Waals surface area contributed by atoms with Crippen molar-refractivity contribution in [1.29, 1.82) is 0 Å². The number of Topliss-reactive ketones (excluding diaryl/α,β-unsaturated/α-hetero) is 1. The molecule has 0 fully saturated rings. The molecule has 0 aliphatic heterocycles. The Balaban J connectivity index is 2.06. The molecule has 0 aromatic carbocycles. The molecule has 3 aromatic heterocycles. The number of nitrogens with one attached hydrogen (secondary N) is 1. The topological polar surface area (TPSA) is 89.8 Å². The summed E-state index contributed by atoms with van der Waals surface area (Å²) in [4.78, 5) is 32.6. The number of halogens is 1. The van der Waals surface area contributed by atoms with Crippen molar-refractivity contribution in [3.63, 3.8) is 0 Å². The first kappa shape index (κ1) is 19.3. The molecule has 1 N–H and O–H groups in total. The maximum Gasteiger partial charge on any atom is 0.272 e. The minimum Gasteiger partial charge on any atom is -0.343 e. The lowest BCUT2D eigenvalue weighted by Gasteiger charge is -2.21. The van der Waals surface area contributed by atoms with Gasteiger partial charge in [-0.2, -0.15) is 5.10 Å². The van der Waals surface area contributed by atoms with E-state index < -0.39 is 18.1 Å². The SMILES string of the molecule is CC(=O)c1ccc(-c2cc(C(=O)NC(C)(C)CF)nn2-c2ccccn2)nc1. The van der Waals surface area contributed by atoms with Crippen LogP contribution in [0.15, 0.2) is 48.8 Å². The van der Waals surface area contributed by atoms with Crippen LogP contribution in [-0.4, -0.2) is 43.7 Å². The zero-order valence-corrected chi connectivity index (χ0v) is 15.8. The Morgan fingerprint density at radius 3 is 2.54 bits per heavy atom. The predicted molar refractivity (Wildman–Crippen MR) is 102 cm³/mol. The van der Waals surface area contributed by atoms with Gasteiger partial charge >= 0.3 is 0 Å². The first-order chi connectivity index (χ1) is 13.3. The molecule has 0 radical (unpaired) electrons. The van der Waals surface area contributed by atoms with Crippen molar-refractivity contribution in [2.24, 2.45) is 0 Å². The molecular weight excluding hydrogens is 361 g/mol. The maximum atomic E-state index is 13.1. The summed E-state index contributed by atoms with van der Waals surface area (Å²) in [6.07, 6.45) is 3.08. The molecule has 3 rings (SSSR count). The number of nitrogens with zero attached hydrogens (tertiary/aromatic N) is 4. The van der Waals surface area contributed by atoms with Crippen LogP contribution in [0.2, 0.25) is 0 Å². The van der Waals surface area contributed by atoms with Crippen molar-refractivity contribution in [2.45, 2.75) is 26.3 Å². The number of pyridine rings is 2. The lowest BCUT2D eigenvalue weighted by Crippen LogP contribution is -2.45. The summed E-state index contributed by atoms with van der Waals surface area (Å²) in [5.74, 6) is -0.0940. The van der Waals surface area contributed by atoms with E-state index in [2.05, 4.69) is 20.4 Å². The average Bonchev–Trinajstić information content (AvgIpc) is 3.14. The number of hydrogen-bond acceptors (Lipinski definition) is 5. The molecule has 8 heteroatoms. The molecule has 3 heterocycles. The number of ketones is 1. The highest BCUT2D eigenvalue weighted by Crippen LogP contribution is 2.22. The number of hydrogen-bond donors (Lipinski definition) is 1. The molecule has 3 aromatic rings. The second-order valence-electron chi connectivity index (χ2n) is 6.97. The van der Waals surface area contributed by atoms with Gasteiger partial charge < -0.3 is 5.32 Å². The van der Waals surface area contributed by atoms with Crippen LogP contribution >= 0.6 is 0 Å². The molecule has 0 atom stereocenters. The van der Waals surface area contributed by atoms with Crippen LogP contribution in [0.1, 0.15) is 41.6 Å². The molecule has 0 saturated heterocycles. The summed E-state index contributed by atoms with van der Waals surface area (Å²) >= 11 is 0. The molecule has 1 amide bonds. The van der Waals surface area contributed by atoms with Crippen LogP contribution in [0, 0.1) is 0 Å². The predicted octanol–water partition coefficient (Wildman–Crippen LogP) is 3.01. The van der Waals surface area contributed by atoms with E-state index in [1.54, 1.807) is 56.4 Å². The molecule has 7 nitrogen and oxygen atoms in total.